The Morgan fingerprint density at radius 2 is 2.07 bits per heavy atom. The van der Waals surface area contributed by atoms with Gasteiger partial charge in [0, 0.05) is 5.56 Å². The molecule has 0 saturated carbocycles. The van der Waals surface area contributed by atoms with E-state index in [0.29, 0.717) is 11.3 Å². The van der Waals surface area contributed by atoms with E-state index in [1.165, 1.54) is 18.5 Å². The molecule has 1 aromatic carbocycles. The highest BCUT2D eigenvalue weighted by atomic mass is 35.5. The monoisotopic (exact) mass is 223 g/mol. The van der Waals surface area contributed by atoms with Crippen LogP contribution in [0.15, 0.2) is 30.6 Å². The van der Waals surface area contributed by atoms with Crippen LogP contribution in [-0.4, -0.2) is 9.97 Å². The van der Waals surface area contributed by atoms with E-state index >= 15 is 0 Å². The summed E-state index contributed by atoms with van der Waals surface area (Å²) in [6.07, 6.45) is 1.29. The van der Waals surface area contributed by atoms with Gasteiger partial charge in [0.05, 0.1) is 5.69 Å². The Hall–Kier alpha value is -1.68. The summed E-state index contributed by atoms with van der Waals surface area (Å²) in [6, 6.07) is 5.98. The number of benzene rings is 1. The molecule has 0 unspecified atom stereocenters. The zero-order chi connectivity index (χ0) is 10.8. The topological polar surface area (TPSA) is 51.8 Å². The molecule has 2 aromatic rings. The van der Waals surface area contributed by atoms with Crippen LogP contribution in [-0.2, 0) is 0 Å². The highest BCUT2D eigenvalue weighted by Gasteiger charge is 2.08. The van der Waals surface area contributed by atoms with Crippen LogP contribution in [0.3, 0.4) is 0 Å². The van der Waals surface area contributed by atoms with Crippen molar-refractivity contribution >= 4 is 17.4 Å². The van der Waals surface area contributed by atoms with E-state index in [4.69, 9.17) is 17.3 Å². The van der Waals surface area contributed by atoms with Gasteiger partial charge in [0.25, 0.3) is 0 Å². The van der Waals surface area contributed by atoms with Crippen molar-refractivity contribution in [2.45, 2.75) is 0 Å². The van der Waals surface area contributed by atoms with Gasteiger partial charge in [-0.05, 0) is 12.1 Å². The molecule has 0 aliphatic carbocycles. The van der Waals surface area contributed by atoms with E-state index in [9.17, 15) is 4.39 Å². The SMILES string of the molecule is Nc1ncnc(-c2cccc(F)c2)c1Cl. The zero-order valence-corrected chi connectivity index (χ0v) is 8.37. The maximum Gasteiger partial charge on any atom is 0.146 e. The molecule has 0 fully saturated rings. The van der Waals surface area contributed by atoms with Crippen LogP contribution in [0.2, 0.25) is 5.02 Å². The number of nitrogen functional groups attached to an aromatic ring is 1. The largest absolute Gasteiger partial charge is 0.382 e. The van der Waals surface area contributed by atoms with Crippen molar-refractivity contribution in [3.05, 3.63) is 41.4 Å². The second kappa shape index (κ2) is 3.82. The Bertz CT molecular complexity index is 502. The normalized spacial score (nSPS) is 10.3. The maximum atomic E-state index is 13.0. The van der Waals surface area contributed by atoms with E-state index in [0.717, 1.165) is 0 Å². The fraction of sp³-hybridized carbons (Fsp3) is 0. The molecule has 0 amide bonds. The number of anilines is 1. The number of hydrogen-bond acceptors (Lipinski definition) is 3. The van der Waals surface area contributed by atoms with Gasteiger partial charge in [-0.15, -0.1) is 0 Å². The lowest BCUT2D eigenvalue weighted by Crippen LogP contribution is -1.95. The Kier molecular flexibility index (Phi) is 2.51. The predicted molar refractivity (Wildman–Crippen MR) is 56.8 cm³/mol. The Labute approximate surface area is 90.7 Å². The van der Waals surface area contributed by atoms with Crippen molar-refractivity contribution in [3.8, 4) is 11.3 Å². The number of rotatable bonds is 1. The van der Waals surface area contributed by atoms with E-state index in [1.807, 2.05) is 0 Å². The minimum absolute atomic E-state index is 0.186. The number of aromatic nitrogens is 2. The van der Waals surface area contributed by atoms with Crippen LogP contribution in [0.5, 0.6) is 0 Å². The van der Waals surface area contributed by atoms with Gasteiger partial charge in [0.15, 0.2) is 0 Å². The summed E-state index contributed by atoms with van der Waals surface area (Å²) < 4.78 is 13.0. The van der Waals surface area contributed by atoms with Crippen LogP contribution >= 0.6 is 11.6 Å². The maximum absolute atomic E-state index is 13.0. The predicted octanol–water partition coefficient (Wildman–Crippen LogP) is 2.52. The first kappa shape index (κ1) is 9.86. The average Bonchev–Trinajstić information content (AvgIpc) is 2.22. The summed E-state index contributed by atoms with van der Waals surface area (Å²) in [7, 11) is 0. The van der Waals surface area contributed by atoms with Gasteiger partial charge >= 0.3 is 0 Å². The molecule has 5 heteroatoms. The molecule has 0 saturated heterocycles. The lowest BCUT2D eigenvalue weighted by Gasteiger charge is -2.04. The van der Waals surface area contributed by atoms with E-state index < -0.39 is 0 Å². The third-order valence-electron chi connectivity index (χ3n) is 1.91. The molecule has 0 bridgehead atoms. The lowest BCUT2D eigenvalue weighted by atomic mass is 10.1. The molecule has 76 valence electrons. The third-order valence-corrected chi connectivity index (χ3v) is 2.29. The smallest absolute Gasteiger partial charge is 0.146 e. The van der Waals surface area contributed by atoms with Gasteiger partial charge in [-0.1, -0.05) is 23.7 Å². The second-order valence-corrected chi connectivity index (χ2v) is 3.31. The van der Waals surface area contributed by atoms with Crippen LogP contribution in [0, 0.1) is 5.82 Å². The van der Waals surface area contributed by atoms with Crippen LogP contribution in [0.25, 0.3) is 11.3 Å². The van der Waals surface area contributed by atoms with Crippen molar-refractivity contribution in [3.63, 3.8) is 0 Å². The molecule has 0 spiro atoms. The molecule has 0 aliphatic heterocycles. The number of halogens is 2. The molecule has 2 N–H and O–H groups in total. The van der Waals surface area contributed by atoms with Gasteiger partial charge in [0.1, 0.15) is 23.0 Å². The number of nitrogens with zero attached hydrogens (tertiary/aromatic N) is 2. The molecular formula is C10H7ClFN3. The molecule has 1 heterocycles. The van der Waals surface area contributed by atoms with Gasteiger partial charge in [-0.2, -0.15) is 0 Å². The van der Waals surface area contributed by atoms with Crippen molar-refractivity contribution in [1.29, 1.82) is 0 Å². The molecule has 0 atom stereocenters. The van der Waals surface area contributed by atoms with Crippen molar-refractivity contribution < 1.29 is 4.39 Å². The number of nitrogens with two attached hydrogens (primary N) is 1. The molecule has 3 nitrogen and oxygen atoms in total. The highest BCUT2D eigenvalue weighted by Crippen LogP contribution is 2.28. The average molecular weight is 224 g/mol. The summed E-state index contributed by atoms with van der Waals surface area (Å²) in [5.74, 6) is -0.160. The van der Waals surface area contributed by atoms with E-state index in [1.54, 1.807) is 12.1 Å². The first-order chi connectivity index (χ1) is 7.18. The standard InChI is InChI=1S/C10H7ClFN3/c11-8-9(14-5-15-10(8)13)6-2-1-3-7(12)4-6/h1-5H,(H2,13,14,15). The molecule has 2 rings (SSSR count). The summed E-state index contributed by atoms with van der Waals surface area (Å²) in [5, 5.41) is 0.239. The van der Waals surface area contributed by atoms with Crippen molar-refractivity contribution in [2.24, 2.45) is 0 Å². The Morgan fingerprint density at radius 1 is 1.27 bits per heavy atom. The lowest BCUT2D eigenvalue weighted by molar-refractivity contribution is 0.628. The minimum atomic E-state index is -0.347. The van der Waals surface area contributed by atoms with Crippen LogP contribution in [0.4, 0.5) is 10.2 Å². The second-order valence-electron chi connectivity index (χ2n) is 2.93. The van der Waals surface area contributed by atoms with Crippen LogP contribution < -0.4 is 5.73 Å². The van der Waals surface area contributed by atoms with Gasteiger partial charge in [0.2, 0.25) is 0 Å². The zero-order valence-electron chi connectivity index (χ0n) is 7.61. The van der Waals surface area contributed by atoms with Gasteiger partial charge < -0.3 is 5.73 Å². The number of hydrogen-bond donors (Lipinski definition) is 1. The Balaban J connectivity index is 2.59. The molecular weight excluding hydrogens is 217 g/mol. The molecule has 0 aliphatic rings. The van der Waals surface area contributed by atoms with Gasteiger partial charge in [-0.25, -0.2) is 14.4 Å². The first-order valence-corrected chi connectivity index (χ1v) is 4.58. The third kappa shape index (κ3) is 1.89. The van der Waals surface area contributed by atoms with Crippen LogP contribution in [0.1, 0.15) is 0 Å². The van der Waals surface area contributed by atoms with E-state index in [-0.39, 0.29) is 16.7 Å². The molecule has 0 radical (unpaired) electrons. The fourth-order valence-electron chi connectivity index (χ4n) is 1.22. The quantitative estimate of drug-likeness (QED) is 0.808. The highest BCUT2D eigenvalue weighted by molar-refractivity contribution is 6.35. The van der Waals surface area contributed by atoms with E-state index in [2.05, 4.69) is 9.97 Å². The summed E-state index contributed by atoms with van der Waals surface area (Å²) >= 11 is 5.91. The fourth-order valence-corrected chi connectivity index (χ4v) is 1.43. The summed E-state index contributed by atoms with van der Waals surface area (Å²) in [4.78, 5) is 7.69. The first-order valence-electron chi connectivity index (χ1n) is 4.20. The van der Waals surface area contributed by atoms with Gasteiger partial charge in [-0.3, -0.25) is 0 Å². The summed E-state index contributed by atoms with van der Waals surface area (Å²) in [6.45, 7) is 0. The molecule has 1 aromatic heterocycles. The summed E-state index contributed by atoms with van der Waals surface area (Å²) in [5.41, 5.74) is 6.53. The molecule has 15 heavy (non-hydrogen) atoms. The van der Waals surface area contributed by atoms with Crippen molar-refractivity contribution in [1.82, 2.24) is 9.97 Å². The minimum Gasteiger partial charge on any atom is -0.382 e. The van der Waals surface area contributed by atoms with Crippen molar-refractivity contribution in [2.75, 3.05) is 5.73 Å². The Morgan fingerprint density at radius 3 is 2.80 bits per heavy atom.